The number of anilines is 2. The standard InChI is InChI=1S/C18H20N2O2S/c1-12(20(2)3)11-22-18(21)13-8-9-17-15(10-13)19-14-6-4-5-7-16(14)23-17/h4-10,12,19H,11H2,1-3H3. The molecule has 0 spiro atoms. The van der Waals surface area contributed by atoms with Gasteiger partial charge in [-0.05, 0) is 51.4 Å². The van der Waals surface area contributed by atoms with Gasteiger partial charge in [-0.2, -0.15) is 0 Å². The zero-order chi connectivity index (χ0) is 16.4. The molecule has 1 aliphatic heterocycles. The molecule has 3 rings (SSSR count). The molecule has 1 atom stereocenters. The van der Waals surface area contributed by atoms with Gasteiger partial charge >= 0.3 is 5.97 Å². The van der Waals surface area contributed by atoms with Gasteiger partial charge in [-0.1, -0.05) is 23.9 Å². The van der Waals surface area contributed by atoms with Gasteiger partial charge in [0.2, 0.25) is 0 Å². The Morgan fingerprint density at radius 3 is 2.70 bits per heavy atom. The molecule has 23 heavy (non-hydrogen) atoms. The number of benzene rings is 2. The van der Waals surface area contributed by atoms with Crippen LogP contribution in [0, 0.1) is 0 Å². The molecule has 0 saturated heterocycles. The predicted octanol–water partition coefficient (Wildman–Crippen LogP) is 4.00. The quantitative estimate of drug-likeness (QED) is 0.733. The first-order chi connectivity index (χ1) is 11.0. The van der Waals surface area contributed by atoms with Crippen LogP contribution in [0.1, 0.15) is 17.3 Å². The zero-order valence-electron chi connectivity index (χ0n) is 13.5. The molecule has 1 heterocycles. The summed E-state index contributed by atoms with van der Waals surface area (Å²) in [5, 5.41) is 3.38. The molecular weight excluding hydrogens is 308 g/mol. The third kappa shape index (κ3) is 3.51. The van der Waals surface area contributed by atoms with Gasteiger partial charge in [0, 0.05) is 15.8 Å². The second kappa shape index (κ2) is 6.64. The van der Waals surface area contributed by atoms with E-state index in [1.165, 1.54) is 4.90 Å². The zero-order valence-corrected chi connectivity index (χ0v) is 14.3. The van der Waals surface area contributed by atoms with Crippen LogP contribution < -0.4 is 5.32 Å². The number of rotatable bonds is 4. The van der Waals surface area contributed by atoms with Crippen molar-refractivity contribution in [2.75, 3.05) is 26.0 Å². The van der Waals surface area contributed by atoms with Gasteiger partial charge in [0.1, 0.15) is 6.61 Å². The first kappa shape index (κ1) is 15.9. The number of nitrogens with zero attached hydrogens (tertiary/aromatic N) is 1. The van der Waals surface area contributed by atoms with Gasteiger partial charge in [0.25, 0.3) is 0 Å². The maximum atomic E-state index is 12.2. The predicted molar refractivity (Wildman–Crippen MR) is 93.7 cm³/mol. The smallest absolute Gasteiger partial charge is 0.338 e. The van der Waals surface area contributed by atoms with Crippen molar-refractivity contribution in [3.05, 3.63) is 48.0 Å². The molecule has 1 aliphatic rings. The van der Waals surface area contributed by atoms with Crippen molar-refractivity contribution in [2.24, 2.45) is 0 Å². The summed E-state index contributed by atoms with van der Waals surface area (Å²) in [6.07, 6.45) is 0. The van der Waals surface area contributed by atoms with Crippen molar-refractivity contribution >= 4 is 29.1 Å². The molecule has 0 radical (unpaired) electrons. The number of ether oxygens (including phenoxy) is 1. The van der Waals surface area contributed by atoms with Crippen LogP contribution in [0.3, 0.4) is 0 Å². The van der Waals surface area contributed by atoms with E-state index in [2.05, 4.69) is 11.4 Å². The van der Waals surface area contributed by atoms with Gasteiger partial charge in [-0.25, -0.2) is 4.79 Å². The Morgan fingerprint density at radius 2 is 1.91 bits per heavy atom. The van der Waals surface area contributed by atoms with E-state index >= 15 is 0 Å². The lowest BCUT2D eigenvalue weighted by molar-refractivity contribution is 0.0416. The minimum Gasteiger partial charge on any atom is -0.460 e. The molecule has 1 N–H and O–H groups in total. The number of fused-ring (bicyclic) bond motifs is 2. The number of esters is 1. The number of hydrogen-bond donors (Lipinski definition) is 1. The van der Waals surface area contributed by atoms with Gasteiger partial charge < -0.3 is 15.0 Å². The highest BCUT2D eigenvalue weighted by atomic mass is 32.2. The van der Waals surface area contributed by atoms with Gasteiger partial charge in [0.15, 0.2) is 0 Å². The third-order valence-electron chi connectivity index (χ3n) is 3.93. The van der Waals surface area contributed by atoms with Crippen molar-refractivity contribution < 1.29 is 9.53 Å². The van der Waals surface area contributed by atoms with Crippen molar-refractivity contribution in [1.29, 1.82) is 0 Å². The maximum Gasteiger partial charge on any atom is 0.338 e. The summed E-state index contributed by atoms with van der Waals surface area (Å²) >= 11 is 1.70. The molecular formula is C18H20N2O2S. The average molecular weight is 328 g/mol. The van der Waals surface area contributed by atoms with E-state index in [9.17, 15) is 4.79 Å². The van der Waals surface area contributed by atoms with Crippen LogP contribution >= 0.6 is 11.8 Å². The molecule has 1 unspecified atom stereocenters. The second-order valence-corrected chi connectivity index (χ2v) is 6.93. The Labute approximate surface area is 140 Å². The third-order valence-corrected chi connectivity index (χ3v) is 5.08. The Bertz CT molecular complexity index is 731. The van der Waals surface area contributed by atoms with Crippen LogP contribution in [0.15, 0.2) is 52.3 Å². The molecule has 5 heteroatoms. The summed E-state index contributed by atoms with van der Waals surface area (Å²) in [6, 6.07) is 14.0. The first-order valence-electron chi connectivity index (χ1n) is 7.56. The Balaban J connectivity index is 1.73. The van der Waals surface area contributed by atoms with E-state index in [1.807, 2.05) is 62.3 Å². The summed E-state index contributed by atoms with van der Waals surface area (Å²) in [5.74, 6) is -0.285. The minimum absolute atomic E-state index is 0.192. The lowest BCUT2D eigenvalue weighted by atomic mass is 10.2. The Kier molecular flexibility index (Phi) is 4.59. The fraction of sp³-hybridized carbons (Fsp3) is 0.278. The highest BCUT2D eigenvalue weighted by molar-refractivity contribution is 7.99. The Hall–Kier alpha value is -1.98. The monoisotopic (exact) mass is 328 g/mol. The fourth-order valence-corrected chi connectivity index (χ4v) is 3.16. The molecule has 2 aromatic rings. The largest absolute Gasteiger partial charge is 0.460 e. The SMILES string of the molecule is CC(COC(=O)c1ccc2c(c1)Nc1ccccc1S2)N(C)C. The first-order valence-corrected chi connectivity index (χ1v) is 8.38. The molecule has 2 aromatic carbocycles. The molecule has 0 amide bonds. The lowest BCUT2D eigenvalue weighted by Gasteiger charge is -2.21. The summed E-state index contributed by atoms with van der Waals surface area (Å²) < 4.78 is 5.40. The normalized spacial score (nSPS) is 13.7. The number of para-hydroxylation sites is 1. The van der Waals surface area contributed by atoms with Crippen LogP contribution in [0.25, 0.3) is 0 Å². The van der Waals surface area contributed by atoms with Crippen LogP contribution in [-0.4, -0.2) is 37.6 Å². The summed E-state index contributed by atoms with van der Waals surface area (Å²) in [7, 11) is 3.94. The van der Waals surface area contributed by atoms with Gasteiger partial charge in [-0.15, -0.1) is 0 Å². The van der Waals surface area contributed by atoms with E-state index in [0.717, 1.165) is 16.3 Å². The van der Waals surface area contributed by atoms with Crippen molar-refractivity contribution in [3.8, 4) is 0 Å². The van der Waals surface area contributed by atoms with E-state index in [-0.39, 0.29) is 12.0 Å². The highest BCUT2D eigenvalue weighted by Gasteiger charge is 2.18. The number of hydrogen-bond acceptors (Lipinski definition) is 5. The summed E-state index contributed by atoms with van der Waals surface area (Å²) in [5.41, 5.74) is 2.59. The molecule has 4 nitrogen and oxygen atoms in total. The summed E-state index contributed by atoms with van der Waals surface area (Å²) in [6.45, 7) is 2.41. The molecule has 0 bridgehead atoms. The molecule has 0 aromatic heterocycles. The minimum atomic E-state index is -0.285. The van der Waals surface area contributed by atoms with Gasteiger partial charge in [-0.3, -0.25) is 0 Å². The van der Waals surface area contributed by atoms with E-state index in [1.54, 1.807) is 11.8 Å². The van der Waals surface area contributed by atoms with Crippen LogP contribution in [0.4, 0.5) is 11.4 Å². The number of carbonyl (C=O) groups excluding carboxylic acids is 1. The molecule has 120 valence electrons. The van der Waals surface area contributed by atoms with Crippen LogP contribution in [-0.2, 0) is 4.74 Å². The number of likely N-dealkylation sites (N-methyl/N-ethyl adjacent to an activating group) is 1. The number of carbonyl (C=O) groups is 1. The summed E-state index contributed by atoms with van der Waals surface area (Å²) in [4.78, 5) is 16.6. The second-order valence-electron chi connectivity index (χ2n) is 5.85. The average Bonchev–Trinajstić information content (AvgIpc) is 2.56. The lowest BCUT2D eigenvalue weighted by Crippen LogP contribution is -2.30. The molecule has 0 aliphatic carbocycles. The van der Waals surface area contributed by atoms with Crippen molar-refractivity contribution in [3.63, 3.8) is 0 Å². The van der Waals surface area contributed by atoms with E-state index < -0.39 is 0 Å². The van der Waals surface area contributed by atoms with E-state index in [4.69, 9.17) is 4.74 Å². The van der Waals surface area contributed by atoms with Crippen molar-refractivity contribution in [1.82, 2.24) is 4.90 Å². The van der Waals surface area contributed by atoms with Crippen LogP contribution in [0.5, 0.6) is 0 Å². The molecule has 0 fully saturated rings. The van der Waals surface area contributed by atoms with Crippen LogP contribution in [0.2, 0.25) is 0 Å². The number of nitrogens with one attached hydrogen (secondary N) is 1. The topological polar surface area (TPSA) is 41.6 Å². The maximum absolute atomic E-state index is 12.2. The fourth-order valence-electron chi connectivity index (χ4n) is 2.19. The van der Waals surface area contributed by atoms with Gasteiger partial charge in [0.05, 0.1) is 16.9 Å². The molecule has 0 saturated carbocycles. The van der Waals surface area contributed by atoms with Crippen molar-refractivity contribution in [2.45, 2.75) is 22.8 Å². The Morgan fingerprint density at radius 1 is 1.17 bits per heavy atom. The highest BCUT2D eigenvalue weighted by Crippen LogP contribution is 2.44. The van der Waals surface area contributed by atoms with E-state index in [0.29, 0.717) is 12.2 Å².